The fourth-order valence-electron chi connectivity index (χ4n) is 4.19. The minimum Gasteiger partial charge on any atom is -0.478 e. The Morgan fingerprint density at radius 3 is 2.26 bits per heavy atom. The summed E-state index contributed by atoms with van der Waals surface area (Å²) < 4.78 is 5.81. The maximum absolute atomic E-state index is 12.9. The summed E-state index contributed by atoms with van der Waals surface area (Å²) in [6.45, 7) is 6.16. The number of carboxylic acids is 1. The van der Waals surface area contributed by atoms with E-state index in [0.29, 0.717) is 11.3 Å². The summed E-state index contributed by atoms with van der Waals surface area (Å²) in [6, 6.07) is 23.8. The predicted molar refractivity (Wildman–Crippen MR) is 136 cm³/mol. The number of hydrogen-bond acceptors (Lipinski definition) is 5. The van der Waals surface area contributed by atoms with E-state index in [2.05, 4.69) is 15.1 Å². The van der Waals surface area contributed by atoms with Gasteiger partial charge in [-0.05, 0) is 74.0 Å². The fraction of sp³-hybridized carbons (Fsp3) is 0.286. The summed E-state index contributed by atoms with van der Waals surface area (Å²) in [5, 5.41) is 12.1. The number of nitrogens with zero attached hydrogens (tertiary/aromatic N) is 2. The van der Waals surface area contributed by atoms with Crippen LogP contribution in [0.3, 0.4) is 0 Å². The van der Waals surface area contributed by atoms with Gasteiger partial charge in [0.25, 0.3) is 0 Å². The van der Waals surface area contributed by atoms with Crippen molar-refractivity contribution in [3.8, 4) is 11.5 Å². The molecular weight excluding hydrogens is 442 g/mol. The third-order valence-corrected chi connectivity index (χ3v) is 6.26. The fourth-order valence-corrected chi connectivity index (χ4v) is 4.19. The number of para-hydroxylation sites is 1. The van der Waals surface area contributed by atoms with E-state index in [-0.39, 0.29) is 11.9 Å². The normalized spacial score (nSPS) is 15.7. The molecule has 7 heteroatoms. The lowest BCUT2D eigenvalue weighted by atomic mass is 10.1. The second-order valence-corrected chi connectivity index (χ2v) is 8.77. The highest BCUT2D eigenvalue weighted by molar-refractivity contribution is 5.94. The zero-order chi connectivity index (χ0) is 24.6. The third kappa shape index (κ3) is 6.91. The van der Waals surface area contributed by atoms with Crippen LogP contribution in [0.15, 0.2) is 78.9 Å². The van der Waals surface area contributed by atoms with Gasteiger partial charge in [0, 0.05) is 31.9 Å². The Kier molecular flexibility index (Phi) is 8.13. The number of rotatable bonds is 8. The van der Waals surface area contributed by atoms with Crippen molar-refractivity contribution in [2.24, 2.45) is 0 Å². The maximum Gasteiger partial charge on any atom is 0.335 e. The molecule has 1 unspecified atom stereocenters. The number of carbonyl (C=O) groups excluding carboxylic acids is 1. The molecule has 7 nitrogen and oxygen atoms in total. The van der Waals surface area contributed by atoms with Crippen LogP contribution in [0.5, 0.6) is 11.5 Å². The Bertz CT molecular complexity index is 1120. The van der Waals surface area contributed by atoms with E-state index in [1.54, 1.807) is 12.1 Å². The molecule has 0 bridgehead atoms. The van der Waals surface area contributed by atoms with Crippen LogP contribution in [-0.2, 0) is 11.3 Å². The van der Waals surface area contributed by atoms with Crippen LogP contribution in [0.25, 0.3) is 0 Å². The van der Waals surface area contributed by atoms with Gasteiger partial charge in [0.15, 0.2) is 0 Å². The second-order valence-electron chi connectivity index (χ2n) is 8.77. The first kappa shape index (κ1) is 24.4. The lowest BCUT2D eigenvalue weighted by molar-refractivity contribution is -0.120. The molecule has 3 aromatic rings. The monoisotopic (exact) mass is 473 g/mol. The Balaban J connectivity index is 1.26. The minimum atomic E-state index is -0.911. The third-order valence-electron chi connectivity index (χ3n) is 6.26. The highest BCUT2D eigenvalue weighted by atomic mass is 16.5. The SMILES string of the molecule is CC(C(=O)Nc1ccc(Oc2ccccc2)cc1)N1CCCN(Cc2ccc(C(=O)O)cc2)CC1. The molecule has 1 amide bonds. The van der Waals surface area contributed by atoms with Gasteiger partial charge in [-0.15, -0.1) is 0 Å². The van der Waals surface area contributed by atoms with Crippen LogP contribution in [-0.4, -0.2) is 59.0 Å². The molecule has 1 aliphatic rings. The molecule has 0 aliphatic carbocycles. The van der Waals surface area contributed by atoms with E-state index in [0.717, 1.165) is 56.1 Å². The van der Waals surface area contributed by atoms with Gasteiger partial charge in [-0.2, -0.15) is 0 Å². The molecular formula is C28H31N3O4. The zero-order valence-corrected chi connectivity index (χ0v) is 19.9. The van der Waals surface area contributed by atoms with Gasteiger partial charge in [-0.1, -0.05) is 30.3 Å². The molecule has 1 heterocycles. The van der Waals surface area contributed by atoms with Gasteiger partial charge in [-0.25, -0.2) is 4.79 Å². The minimum absolute atomic E-state index is 0.0283. The van der Waals surface area contributed by atoms with Crippen LogP contribution >= 0.6 is 0 Å². The zero-order valence-electron chi connectivity index (χ0n) is 19.9. The lowest BCUT2D eigenvalue weighted by Gasteiger charge is -2.27. The number of anilines is 1. The molecule has 2 N–H and O–H groups in total. The number of carboxylic acid groups (broad SMARTS) is 1. The van der Waals surface area contributed by atoms with Crippen molar-refractivity contribution in [3.63, 3.8) is 0 Å². The molecule has 0 saturated carbocycles. The number of hydrogen-bond donors (Lipinski definition) is 2. The summed E-state index contributed by atoms with van der Waals surface area (Å²) >= 11 is 0. The summed E-state index contributed by atoms with van der Waals surface area (Å²) in [5.41, 5.74) is 2.13. The summed E-state index contributed by atoms with van der Waals surface area (Å²) in [6.07, 6.45) is 0.969. The van der Waals surface area contributed by atoms with E-state index in [4.69, 9.17) is 9.84 Å². The van der Waals surface area contributed by atoms with Crippen molar-refractivity contribution in [2.75, 3.05) is 31.5 Å². The van der Waals surface area contributed by atoms with E-state index in [1.165, 1.54) is 0 Å². The largest absolute Gasteiger partial charge is 0.478 e. The average molecular weight is 474 g/mol. The van der Waals surface area contributed by atoms with Crippen molar-refractivity contribution in [2.45, 2.75) is 25.9 Å². The predicted octanol–water partition coefficient (Wildman–Crippen LogP) is 4.71. The Hall–Kier alpha value is -3.68. The number of benzene rings is 3. The molecule has 0 radical (unpaired) electrons. The molecule has 0 spiro atoms. The summed E-state index contributed by atoms with van der Waals surface area (Å²) in [5.74, 6) is 0.544. The van der Waals surface area contributed by atoms with Crippen LogP contribution in [0.1, 0.15) is 29.3 Å². The maximum atomic E-state index is 12.9. The highest BCUT2D eigenvalue weighted by Gasteiger charge is 2.24. The molecule has 1 fully saturated rings. The Morgan fingerprint density at radius 2 is 1.57 bits per heavy atom. The van der Waals surface area contributed by atoms with Crippen LogP contribution in [0, 0.1) is 0 Å². The Morgan fingerprint density at radius 1 is 0.886 bits per heavy atom. The van der Waals surface area contributed by atoms with E-state index >= 15 is 0 Å². The molecule has 3 aromatic carbocycles. The van der Waals surface area contributed by atoms with Crippen LogP contribution in [0.4, 0.5) is 5.69 Å². The van der Waals surface area contributed by atoms with E-state index < -0.39 is 5.97 Å². The van der Waals surface area contributed by atoms with Gasteiger partial charge in [0.05, 0.1) is 11.6 Å². The molecule has 0 aromatic heterocycles. The van der Waals surface area contributed by atoms with Gasteiger partial charge >= 0.3 is 5.97 Å². The van der Waals surface area contributed by atoms with Crippen LogP contribution < -0.4 is 10.1 Å². The standard InChI is InChI=1S/C28H31N3O4/c1-21(27(32)29-24-12-14-26(15-13-24)35-25-6-3-2-4-7-25)31-17-5-16-30(18-19-31)20-22-8-10-23(11-9-22)28(33)34/h2-4,6-15,21H,5,16-20H2,1H3,(H,29,32)(H,33,34). The molecule has 1 atom stereocenters. The Labute approximate surface area is 205 Å². The van der Waals surface area contributed by atoms with Crippen LogP contribution in [0.2, 0.25) is 0 Å². The van der Waals surface area contributed by atoms with Crippen molar-refractivity contribution >= 4 is 17.6 Å². The van der Waals surface area contributed by atoms with Gasteiger partial charge in [-0.3, -0.25) is 14.6 Å². The molecule has 35 heavy (non-hydrogen) atoms. The van der Waals surface area contributed by atoms with Crippen molar-refractivity contribution in [3.05, 3.63) is 90.0 Å². The first-order chi connectivity index (χ1) is 17.0. The number of amides is 1. The van der Waals surface area contributed by atoms with Gasteiger partial charge in [0.2, 0.25) is 5.91 Å². The van der Waals surface area contributed by atoms with Gasteiger partial charge in [0.1, 0.15) is 11.5 Å². The first-order valence-electron chi connectivity index (χ1n) is 11.9. The first-order valence-corrected chi connectivity index (χ1v) is 11.9. The number of nitrogens with one attached hydrogen (secondary N) is 1. The highest BCUT2D eigenvalue weighted by Crippen LogP contribution is 2.23. The second kappa shape index (κ2) is 11.6. The summed E-state index contributed by atoms with van der Waals surface area (Å²) in [4.78, 5) is 28.5. The number of aromatic carboxylic acids is 1. The summed E-state index contributed by atoms with van der Waals surface area (Å²) in [7, 11) is 0. The molecule has 4 rings (SSSR count). The smallest absolute Gasteiger partial charge is 0.335 e. The van der Waals surface area contributed by atoms with Gasteiger partial charge < -0.3 is 15.2 Å². The molecule has 182 valence electrons. The molecule has 1 aliphatic heterocycles. The van der Waals surface area contributed by atoms with Crippen molar-refractivity contribution in [1.82, 2.24) is 9.80 Å². The average Bonchev–Trinajstić information content (AvgIpc) is 3.11. The van der Waals surface area contributed by atoms with E-state index in [1.807, 2.05) is 73.7 Å². The lowest BCUT2D eigenvalue weighted by Crippen LogP contribution is -2.43. The molecule has 1 saturated heterocycles. The van der Waals surface area contributed by atoms with Crippen molar-refractivity contribution < 1.29 is 19.4 Å². The van der Waals surface area contributed by atoms with Crippen molar-refractivity contribution in [1.29, 1.82) is 0 Å². The van der Waals surface area contributed by atoms with E-state index in [9.17, 15) is 9.59 Å². The quantitative estimate of drug-likeness (QED) is 0.493. The number of carbonyl (C=O) groups is 2. The number of ether oxygens (including phenoxy) is 1. The topological polar surface area (TPSA) is 82.1 Å².